The van der Waals surface area contributed by atoms with Gasteiger partial charge in [0.25, 0.3) is 0 Å². The molecule has 3 heterocycles. The average Bonchev–Trinajstić information content (AvgIpc) is 3.42. The van der Waals surface area contributed by atoms with Crippen molar-refractivity contribution in [2.24, 2.45) is 5.92 Å². The first-order chi connectivity index (χ1) is 14.1. The lowest BCUT2D eigenvalue weighted by molar-refractivity contribution is 0.104. The van der Waals surface area contributed by atoms with Crippen molar-refractivity contribution in [2.75, 3.05) is 6.61 Å². The zero-order valence-corrected chi connectivity index (χ0v) is 17.3. The monoisotopic (exact) mass is 392 g/mol. The molecule has 0 spiro atoms. The average molecular weight is 393 g/mol. The van der Waals surface area contributed by atoms with Crippen molar-refractivity contribution in [3.05, 3.63) is 60.2 Å². The Morgan fingerprint density at radius 3 is 2.83 bits per heavy atom. The Morgan fingerprint density at radius 2 is 2.10 bits per heavy atom. The van der Waals surface area contributed by atoms with Crippen LogP contribution in [0.15, 0.2) is 48.8 Å². The van der Waals surface area contributed by atoms with E-state index in [0.29, 0.717) is 12.5 Å². The molecule has 2 atom stereocenters. The Hall–Kier alpha value is -2.73. The molecule has 0 aliphatic carbocycles. The Balaban J connectivity index is 1.62. The maximum Gasteiger partial charge on any atom is 0.180 e. The highest BCUT2D eigenvalue weighted by atomic mass is 16.5. The molecule has 0 saturated carbocycles. The van der Waals surface area contributed by atoms with E-state index in [4.69, 9.17) is 19.6 Å². The van der Waals surface area contributed by atoms with Crippen LogP contribution in [0, 0.1) is 5.92 Å². The Kier molecular flexibility index (Phi) is 5.90. The zero-order chi connectivity index (χ0) is 20.2. The number of benzene rings is 1. The number of hydrogen-bond donors (Lipinski definition) is 0. The van der Waals surface area contributed by atoms with E-state index >= 15 is 0 Å². The van der Waals surface area contributed by atoms with Gasteiger partial charge in [-0.15, -0.1) is 0 Å². The van der Waals surface area contributed by atoms with Gasteiger partial charge in [-0.2, -0.15) is 5.10 Å². The van der Waals surface area contributed by atoms with Gasteiger partial charge in [0.1, 0.15) is 18.5 Å². The molecule has 3 aromatic rings. The summed E-state index contributed by atoms with van der Waals surface area (Å²) < 4.78 is 13.9. The molecule has 2 aromatic heterocycles. The van der Waals surface area contributed by atoms with Crippen LogP contribution in [0.4, 0.5) is 0 Å². The van der Waals surface area contributed by atoms with Crippen molar-refractivity contribution in [3.8, 4) is 17.1 Å². The maximum absolute atomic E-state index is 5.99. The van der Waals surface area contributed by atoms with Crippen LogP contribution in [-0.4, -0.2) is 26.4 Å². The lowest BCUT2D eigenvalue weighted by Crippen LogP contribution is -2.15. The largest absolute Gasteiger partial charge is 0.489 e. The van der Waals surface area contributed by atoms with Crippen LogP contribution in [0.25, 0.3) is 11.4 Å². The number of rotatable bonds is 7. The van der Waals surface area contributed by atoms with Gasteiger partial charge in [0, 0.05) is 30.1 Å². The minimum absolute atomic E-state index is 0.000578. The molecule has 1 fully saturated rings. The Morgan fingerprint density at radius 1 is 1.21 bits per heavy atom. The molecule has 0 N–H and O–H groups in total. The molecule has 1 aliphatic heterocycles. The van der Waals surface area contributed by atoms with E-state index < -0.39 is 0 Å². The maximum atomic E-state index is 5.99. The zero-order valence-electron chi connectivity index (χ0n) is 17.3. The van der Waals surface area contributed by atoms with Crippen molar-refractivity contribution in [1.29, 1.82) is 0 Å². The van der Waals surface area contributed by atoms with E-state index in [1.165, 1.54) is 0 Å². The number of aromatic nitrogens is 4. The molecular formula is C23H28N4O2. The summed E-state index contributed by atoms with van der Waals surface area (Å²) in [4.78, 5) is 9.02. The van der Waals surface area contributed by atoms with Crippen molar-refractivity contribution in [2.45, 2.75) is 52.4 Å². The molecule has 0 amide bonds. The summed E-state index contributed by atoms with van der Waals surface area (Å²) in [7, 11) is 0. The SMILES string of the molecule is CC(C)C(C)n1nc(C2CCCO2)nc1-c1cccc(OCc2cccnc2)c1. The van der Waals surface area contributed by atoms with Crippen LogP contribution in [0.5, 0.6) is 5.75 Å². The minimum atomic E-state index is -0.000578. The molecule has 1 aliphatic rings. The molecule has 1 aromatic carbocycles. The third-order valence-electron chi connectivity index (χ3n) is 5.44. The number of ether oxygens (including phenoxy) is 2. The number of pyridine rings is 1. The fraction of sp³-hybridized carbons (Fsp3) is 0.435. The van der Waals surface area contributed by atoms with Gasteiger partial charge in [0.2, 0.25) is 0 Å². The van der Waals surface area contributed by atoms with Gasteiger partial charge in [0.05, 0.1) is 6.04 Å². The Bertz CT molecular complexity index is 933. The van der Waals surface area contributed by atoms with E-state index in [1.807, 2.05) is 41.2 Å². The highest BCUT2D eigenvalue weighted by molar-refractivity contribution is 5.58. The van der Waals surface area contributed by atoms with E-state index in [-0.39, 0.29) is 12.1 Å². The molecule has 29 heavy (non-hydrogen) atoms. The van der Waals surface area contributed by atoms with Crippen LogP contribution in [0.3, 0.4) is 0 Å². The van der Waals surface area contributed by atoms with Crippen molar-refractivity contribution >= 4 is 0 Å². The molecule has 6 nitrogen and oxygen atoms in total. The van der Waals surface area contributed by atoms with E-state index in [0.717, 1.165) is 48.0 Å². The third kappa shape index (κ3) is 4.48. The molecular weight excluding hydrogens is 364 g/mol. The van der Waals surface area contributed by atoms with Crippen molar-refractivity contribution < 1.29 is 9.47 Å². The lowest BCUT2D eigenvalue weighted by atomic mass is 10.1. The first-order valence-corrected chi connectivity index (χ1v) is 10.3. The molecule has 0 radical (unpaired) electrons. The van der Waals surface area contributed by atoms with Gasteiger partial charge in [-0.25, -0.2) is 9.67 Å². The second kappa shape index (κ2) is 8.74. The van der Waals surface area contributed by atoms with E-state index in [1.54, 1.807) is 6.20 Å². The predicted octanol–water partition coefficient (Wildman–Crippen LogP) is 4.99. The van der Waals surface area contributed by atoms with E-state index in [9.17, 15) is 0 Å². The molecule has 0 bridgehead atoms. The van der Waals surface area contributed by atoms with Crippen LogP contribution >= 0.6 is 0 Å². The van der Waals surface area contributed by atoms with Gasteiger partial charge < -0.3 is 9.47 Å². The highest BCUT2D eigenvalue weighted by Gasteiger charge is 2.26. The van der Waals surface area contributed by atoms with Gasteiger partial charge in [-0.05, 0) is 43.9 Å². The summed E-state index contributed by atoms with van der Waals surface area (Å²) in [6, 6.07) is 12.2. The first kappa shape index (κ1) is 19.6. The van der Waals surface area contributed by atoms with E-state index in [2.05, 4.69) is 31.8 Å². The summed E-state index contributed by atoms with van der Waals surface area (Å²) in [6.45, 7) is 7.86. The second-order valence-corrected chi connectivity index (χ2v) is 7.90. The summed E-state index contributed by atoms with van der Waals surface area (Å²) in [6.07, 6.45) is 5.62. The van der Waals surface area contributed by atoms with Gasteiger partial charge in [-0.1, -0.05) is 32.0 Å². The molecule has 2 unspecified atom stereocenters. The fourth-order valence-electron chi connectivity index (χ4n) is 3.40. The van der Waals surface area contributed by atoms with Crippen molar-refractivity contribution in [1.82, 2.24) is 19.7 Å². The molecule has 152 valence electrons. The predicted molar refractivity (Wildman–Crippen MR) is 112 cm³/mol. The lowest BCUT2D eigenvalue weighted by Gasteiger charge is -2.18. The van der Waals surface area contributed by atoms with Gasteiger partial charge in [-0.3, -0.25) is 4.98 Å². The summed E-state index contributed by atoms with van der Waals surface area (Å²) in [5, 5.41) is 4.84. The topological polar surface area (TPSA) is 62.1 Å². The second-order valence-electron chi connectivity index (χ2n) is 7.90. The minimum Gasteiger partial charge on any atom is -0.489 e. The first-order valence-electron chi connectivity index (χ1n) is 10.3. The summed E-state index contributed by atoms with van der Waals surface area (Å²) in [5.41, 5.74) is 2.04. The quantitative estimate of drug-likeness (QED) is 0.567. The Labute approximate surface area is 171 Å². The van der Waals surface area contributed by atoms with Crippen LogP contribution in [0.2, 0.25) is 0 Å². The fourth-order valence-corrected chi connectivity index (χ4v) is 3.40. The normalized spacial score (nSPS) is 17.6. The standard InChI is InChI=1S/C23H28N4O2/c1-16(2)17(3)27-23(25-22(26-27)21-10-6-12-28-21)19-8-4-9-20(13-19)29-15-18-7-5-11-24-14-18/h4-5,7-9,11,13-14,16-17,21H,6,10,12,15H2,1-3H3. The summed E-state index contributed by atoms with van der Waals surface area (Å²) >= 11 is 0. The third-order valence-corrected chi connectivity index (χ3v) is 5.44. The van der Waals surface area contributed by atoms with Crippen LogP contribution in [-0.2, 0) is 11.3 Å². The number of nitrogens with zero attached hydrogens (tertiary/aromatic N) is 4. The van der Waals surface area contributed by atoms with Gasteiger partial charge in [0.15, 0.2) is 11.6 Å². The molecule has 1 saturated heterocycles. The van der Waals surface area contributed by atoms with Crippen molar-refractivity contribution in [3.63, 3.8) is 0 Å². The van der Waals surface area contributed by atoms with Crippen LogP contribution < -0.4 is 4.74 Å². The number of hydrogen-bond acceptors (Lipinski definition) is 5. The molecule has 4 rings (SSSR count). The van der Waals surface area contributed by atoms with Crippen LogP contribution in [0.1, 0.15) is 57.1 Å². The smallest absolute Gasteiger partial charge is 0.180 e. The van der Waals surface area contributed by atoms with Gasteiger partial charge >= 0.3 is 0 Å². The highest BCUT2D eigenvalue weighted by Crippen LogP contribution is 2.32. The molecule has 6 heteroatoms. The summed E-state index contributed by atoms with van der Waals surface area (Å²) in [5.74, 6) is 2.89.